The largest absolute Gasteiger partial charge is 0.338 e. The summed E-state index contributed by atoms with van der Waals surface area (Å²) < 4.78 is 0. The predicted molar refractivity (Wildman–Crippen MR) is 75.8 cm³/mol. The summed E-state index contributed by atoms with van der Waals surface area (Å²) >= 11 is 0. The number of carbonyl (C=O) groups excluding carboxylic acids is 1. The maximum absolute atomic E-state index is 12.4. The van der Waals surface area contributed by atoms with Crippen LogP contribution in [-0.2, 0) is 17.8 Å². The van der Waals surface area contributed by atoms with Crippen molar-refractivity contribution in [2.75, 3.05) is 19.6 Å². The average molecular weight is 258 g/mol. The molecular formula is C16H22N2O. The minimum atomic E-state index is 0.336. The molecule has 3 nitrogen and oxygen atoms in total. The summed E-state index contributed by atoms with van der Waals surface area (Å²) in [5.74, 6) is 0.877. The van der Waals surface area contributed by atoms with Crippen molar-refractivity contribution >= 4 is 5.91 Å². The third-order valence-electron chi connectivity index (χ3n) is 4.35. The van der Waals surface area contributed by atoms with E-state index in [0.29, 0.717) is 11.8 Å². The average Bonchev–Trinajstić information content (AvgIpc) is 2.48. The van der Waals surface area contributed by atoms with Crippen LogP contribution in [0.3, 0.4) is 0 Å². The minimum absolute atomic E-state index is 0.336. The quantitative estimate of drug-likeness (QED) is 0.879. The molecule has 2 heterocycles. The number of fused-ring (bicyclic) bond motifs is 1. The molecule has 0 aliphatic carbocycles. The Hall–Kier alpha value is -1.35. The van der Waals surface area contributed by atoms with Crippen LogP contribution in [0.15, 0.2) is 24.3 Å². The van der Waals surface area contributed by atoms with E-state index < -0.39 is 0 Å². The Labute approximate surface area is 115 Å². The van der Waals surface area contributed by atoms with E-state index in [-0.39, 0.29) is 0 Å². The van der Waals surface area contributed by atoms with E-state index >= 15 is 0 Å². The van der Waals surface area contributed by atoms with Crippen molar-refractivity contribution in [2.24, 2.45) is 5.92 Å². The van der Waals surface area contributed by atoms with Gasteiger partial charge in [-0.25, -0.2) is 0 Å². The van der Waals surface area contributed by atoms with Gasteiger partial charge in [0.05, 0.1) is 0 Å². The van der Waals surface area contributed by atoms with Gasteiger partial charge in [0.2, 0.25) is 5.91 Å². The van der Waals surface area contributed by atoms with E-state index in [9.17, 15) is 4.79 Å². The summed E-state index contributed by atoms with van der Waals surface area (Å²) in [6, 6.07) is 8.49. The molecule has 1 fully saturated rings. The van der Waals surface area contributed by atoms with Gasteiger partial charge in [0.15, 0.2) is 0 Å². The molecule has 1 N–H and O–H groups in total. The van der Waals surface area contributed by atoms with E-state index in [1.807, 2.05) is 4.90 Å². The highest BCUT2D eigenvalue weighted by Gasteiger charge is 2.23. The van der Waals surface area contributed by atoms with Crippen LogP contribution in [-0.4, -0.2) is 30.4 Å². The van der Waals surface area contributed by atoms with Gasteiger partial charge >= 0.3 is 0 Å². The number of nitrogens with zero attached hydrogens (tertiary/aromatic N) is 1. The number of hydrogen-bond donors (Lipinski definition) is 1. The molecule has 0 radical (unpaired) electrons. The zero-order chi connectivity index (χ0) is 13.1. The summed E-state index contributed by atoms with van der Waals surface area (Å²) in [6.07, 6.45) is 4.13. The lowest BCUT2D eigenvalue weighted by atomic mass is 9.94. The molecule has 1 aromatic rings. The lowest BCUT2D eigenvalue weighted by molar-refractivity contribution is -0.133. The van der Waals surface area contributed by atoms with Crippen molar-refractivity contribution in [2.45, 2.75) is 32.2 Å². The van der Waals surface area contributed by atoms with Crippen molar-refractivity contribution in [1.29, 1.82) is 0 Å². The molecule has 19 heavy (non-hydrogen) atoms. The minimum Gasteiger partial charge on any atom is -0.338 e. The van der Waals surface area contributed by atoms with Crippen molar-refractivity contribution in [3.05, 3.63) is 35.4 Å². The molecule has 102 valence electrons. The molecule has 1 unspecified atom stereocenters. The first-order chi connectivity index (χ1) is 9.33. The standard InChI is InChI=1S/C16H22N2O/c19-16(10-13-4-3-8-17-11-13)18-9-7-14-5-1-2-6-15(14)12-18/h1-2,5-6,13,17H,3-4,7-12H2. The fraction of sp³-hybridized carbons (Fsp3) is 0.562. The Balaban J connectivity index is 1.59. The SMILES string of the molecule is O=C(CC1CCCNC1)N1CCc2ccccc2C1. The Morgan fingerprint density at radius 3 is 2.95 bits per heavy atom. The third kappa shape index (κ3) is 2.98. The molecule has 1 amide bonds. The number of piperidine rings is 1. The van der Waals surface area contributed by atoms with Crippen LogP contribution in [0, 0.1) is 5.92 Å². The smallest absolute Gasteiger partial charge is 0.223 e. The first-order valence-corrected chi connectivity index (χ1v) is 7.38. The van der Waals surface area contributed by atoms with Crippen molar-refractivity contribution < 1.29 is 4.79 Å². The van der Waals surface area contributed by atoms with E-state index in [4.69, 9.17) is 0 Å². The number of hydrogen-bond acceptors (Lipinski definition) is 2. The van der Waals surface area contributed by atoms with Crippen molar-refractivity contribution in [3.63, 3.8) is 0 Å². The molecule has 1 atom stereocenters. The van der Waals surface area contributed by atoms with E-state index in [2.05, 4.69) is 29.6 Å². The zero-order valence-electron chi connectivity index (χ0n) is 11.4. The summed E-state index contributed by atoms with van der Waals surface area (Å²) in [5, 5.41) is 3.39. The second kappa shape index (κ2) is 5.74. The second-order valence-corrected chi connectivity index (χ2v) is 5.75. The van der Waals surface area contributed by atoms with E-state index in [0.717, 1.165) is 39.0 Å². The highest BCUT2D eigenvalue weighted by molar-refractivity contribution is 5.76. The first-order valence-electron chi connectivity index (χ1n) is 7.38. The van der Waals surface area contributed by atoms with Crippen LogP contribution in [0.4, 0.5) is 0 Å². The van der Waals surface area contributed by atoms with Gasteiger partial charge in [0, 0.05) is 19.5 Å². The molecule has 0 spiro atoms. The van der Waals surface area contributed by atoms with Crippen LogP contribution in [0.2, 0.25) is 0 Å². The summed E-state index contributed by atoms with van der Waals surface area (Å²) in [5.41, 5.74) is 2.73. The van der Waals surface area contributed by atoms with Gasteiger partial charge in [-0.05, 0) is 49.4 Å². The predicted octanol–water partition coefficient (Wildman–Crippen LogP) is 1.96. The summed E-state index contributed by atoms with van der Waals surface area (Å²) in [7, 11) is 0. The number of nitrogens with one attached hydrogen (secondary N) is 1. The highest BCUT2D eigenvalue weighted by Crippen LogP contribution is 2.21. The highest BCUT2D eigenvalue weighted by atomic mass is 16.2. The first kappa shape index (κ1) is 12.7. The summed E-state index contributed by atoms with van der Waals surface area (Å²) in [4.78, 5) is 14.4. The molecular weight excluding hydrogens is 236 g/mol. The monoisotopic (exact) mass is 258 g/mol. The number of rotatable bonds is 2. The third-order valence-corrected chi connectivity index (χ3v) is 4.35. The van der Waals surface area contributed by atoms with Gasteiger partial charge in [-0.15, -0.1) is 0 Å². The zero-order valence-corrected chi connectivity index (χ0v) is 11.4. The topological polar surface area (TPSA) is 32.3 Å². The fourth-order valence-electron chi connectivity index (χ4n) is 3.18. The van der Waals surface area contributed by atoms with Gasteiger partial charge < -0.3 is 10.2 Å². The number of carbonyl (C=O) groups is 1. The summed E-state index contributed by atoms with van der Waals surface area (Å²) in [6.45, 7) is 3.81. The molecule has 1 saturated heterocycles. The van der Waals surface area contributed by atoms with E-state index in [1.165, 1.54) is 24.0 Å². The van der Waals surface area contributed by atoms with Crippen molar-refractivity contribution in [1.82, 2.24) is 10.2 Å². The Morgan fingerprint density at radius 1 is 1.32 bits per heavy atom. The lowest BCUT2D eigenvalue weighted by Gasteiger charge is -2.31. The van der Waals surface area contributed by atoms with Crippen LogP contribution < -0.4 is 5.32 Å². The maximum Gasteiger partial charge on any atom is 0.223 e. The van der Waals surface area contributed by atoms with Crippen LogP contribution in [0.1, 0.15) is 30.4 Å². The fourth-order valence-corrected chi connectivity index (χ4v) is 3.18. The molecule has 2 aliphatic heterocycles. The van der Waals surface area contributed by atoms with Gasteiger partial charge in [-0.1, -0.05) is 24.3 Å². The number of amides is 1. The van der Waals surface area contributed by atoms with Crippen molar-refractivity contribution in [3.8, 4) is 0 Å². The lowest BCUT2D eigenvalue weighted by Crippen LogP contribution is -2.39. The van der Waals surface area contributed by atoms with Crippen LogP contribution in [0.5, 0.6) is 0 Å². The second-order valence-electron chi connectivity index (χ2n) is 5.75. The van der Waals surface area contributed by atoms with Gasteiger partial charge in [0.1, 0.15) is 0 Å². The number of benzene rings is 1. The Bertz CT molecular complexity index is 452. The molecule has 1 aromatic carbocycles. The molecule has 3 heteroatoms. The molecule has 0 bridgehead atoms. The Morgan fingerprint density at radius 2 is 2.16 bits per heavy atom. The van der Waals surface area contributed by atoms with Gasteiger partial charge in [-0.3, -0.25) is 4.79 Å². The van der Waals surface area contributed by atoms with Crippen LogP contribution in [0.25, 0.3) is 0 Å². The molecule has 0 aromatic heterocycles. The Kier molecular flexibility index (Phi) is 3.83. The molecule has 2 aliphatic rings. The molecule has 0 saturated carbocycles. The van der Waals surface area contributed by atoms with Crippen LogP contribution >= 0.6 is 0 Å². The normalized spacial score (nSPS) is 22.9. The van der Waals surface area contributed by atoms with E-state index in [1.54, 1.807) is 0 Å². The van der Waals surface area contributed by atoms with Gasteiger partial charge in [-0.2, -0.15) is 0 Å². The molecule has 3 rings (SSSR count). The maximum atomic E-state index is 12.4. The van der Waals surface area contributed by atoms with Gasteiger partial charge in [0.25, 0.3) is 0 Å².